The Hall–Kier alpha value is -2.93. The zero-order chi connectivity index (χ0) is 16.2. The number of pyridine rings is 1. The van der Waals surface area contributed by atoms with Gasteiger partial charge in [-0.15, -0.1) is 0 Å². The highest BCUT2D eigenvalue weighted by atomic mass is 32.1. The Labute approximate surface area is 137 Å². The number of benzene rings is 1. The zero-order valence-corrected chi connectivity index (χ0v) is 13.1. The monoisotopic (exact) mass is 326 g/mol. The lowest BCUT2D eigenvalue weighted by atomic mass is 10.1. The van der Waals surface area contributed by atoms with Crippen LogP contribution in [0, 0.1) is 0 Å². The van der Waals surface area contributed by atoms with E-state index >= 15 is 0 Å². The van der Waals surface area contributed by atoms with Crippen LogP contribution in [0.2, 0.25) is 0 Å². The van der Waals surface area contributed by atoms with Crippen LogP contribution in [0.25, 0.3) is 22.4 Å². The third-order valence-corrected chi connectivity index (χ3v) is 3.56. The first-order chi connectivity index (χ1) is 11.2. The quantitative estimate of drug-likeness (QED) is 0.495. The molecule has 23 heavy (non-hydrogen) atoms. The van der Waals surface area contributed by atoms with Gasteiger partial charge in [0, 0.05) is 12.4 Å². The number of amides is 1. The minimum Gasteiger partial charge on any atom is -0.463 e. The van der Waals surface area contributed by atoms with E-state index in [-0.39, 0.29) is 5.91 Å². The Bertz CT molecular complexity index is 862. The number of thiocarbonyl (C=S) groups is 1. The van der Waals surface area contributed by atoms with Crippen LogP contribution in [-0.4, -0.2) is 23.1 Å². The molecule has 116 valence electrons. The van der Waals surface area contributed by atoms with E-state index in [1.54, 1.807) is 31.5 Å². The van der Waals surface area contributed by atoms with Gasteiger partial charge in [0.25, 0.3) is 5.91 Å². The SMILES string of the molecule is CNC(=S)NNC(=O)c1cc(-c2ccco2)nc2ccccc12. The minimum atomic E-state index is -0.311. The number of nitrogens with one attached hydrogen (secondary N) is 3. The molecule has 0 spiro atoms. The first kappa shape index (κ1) is 15.0. The molecule has 3 N–H and O–H groups in total. The fraction of sp³-hybridized carbons (Fsp3) is 0.0625. The third-order valence-electron chi connectivity index (χ3n) is 3.25. The van der Waals surface area contributed by atoms with Gasteiger partial charge >= 0.3 is 0 Å². The Morgan fingerprint density at radius 1 is 1.17 bits per heavy atom. The first-order valence-corrected chi connectivity index (χ1v) is 7.31. The average molecular weight is 326 g/mol. The molecule has 2 aromatic heterocycles. The fourth-order valence-corrected chi connectivity index (χ4v) is 2.21. The molecule has 6 nitrogen and oxygen atoms in total. The second-order valence-electron chi connectivity index (χ2n) is 4.71. The molecule has 0 aliphatic heterocycles. The molecule has 1 aromatic carbocycles. The molecule has 0 saturated carbocycles. The Balaban J connectivity index is 2.03. The van der Waals surface area contributed by atoms with Crippen molar-refractivity contribution in [3.63, 3.8) is 0 Å². The molecular weight excluding hydrogens is 312 g/mol. The smallest absolute Gasteiger partial charge is 0.270 e. The van der Waals surface area contributed by atoms with Gasteiger partial charge in [0.1, 0.15) is 5.69 Å². The number of nitrogens with zero attached hydrogens (tertiary/aromatic N) is 1. The average Bonchev–Trinajstić information content (AvgIpc) is 3.13. The van der Waals surface area contributed by atoms with Crippen LogP contribution in [0.5, 0.6) is 0 Å². The van der Waals surface area contributed by atoms with Crippen molar-refractivity contribution in [1.82, 2.24) is 21.2 Å². The fourth-order valence-electron chi connectivity index (χ4n) is 2.16. The molecular formula is C16H14N4O2S. The number of fused-ring (bicyclic) bond motifs is 1. The van der Waals surface area contributed by atoms with Crippen molar-refractivity contribution >= 4 is 34.1 Å². The number of carbonyl (C=O) groups is 1. The number of hydrazine groups is 1. The highest BCUT2D eigenvalue weighted by molar-refractivity contribution is 7.80. The Morgan fingerprint density at radius 2 is 2.00 bits per heavy atom. The molecule has 0 unspecified atom stereocenters. The third kappa shape index (κ3) is 3.14. The van der Waals surface area contributed by atoms with Crippen molar-refractivity contribution in [3.05, 3.63) is 54.3 Å². The highest BCUT2D eigenvalue weighted by Gasteiger charge is 2.14. The van der Waals surface area contributed by atoms with Crippen LogP contribution in [0.1, 0.15) is 10.4 Å². The van der Waals surface area contributed by atoms with Crippen LogP contribution in [0.4, 0.5) is 0 Å². The van der Waals surface area contributed by atoms with Crippen LogP contribution in [0.15, 0.2) is 53.1 Å². The van der Waals surface area contributed by atoms with E-state index in [0.717, 1.165) is 5.39 Å². The van der Waals surface area contributed by atoms with Crippen molar-refractivity contribution in [1.29, 1.82) is 0 Å². The Morgan fingerprint density at radius 3 is 2.74 bits per heavy atom. The number of aromatic nitrogens is 1. The largest absolute Gasteiger partial charge is 0.463 e. The molecule has 0 atom stereocenters. The van der Waals surface area contributed by atoms with Crippen molar-refractivity contribution in [3.8, 4) is 11.5 Å². The summed E-state index contributed by atoms with van der Waals surface area (Å²) in [4.78, 5) is 17.0. The molecule has 1 amide bonds. The molecule has 7 heteroatoms. The van der Waals surface area contributed by atoms with Gasteiger partial charge in [-0.3, -0.25) is 15.6 Å². The lowest BCUT2D eigenvalue weighted by Gasteiger charge is -2.11. The summed E-state index contributed by atoms with van der Waals surface area (Å²) in [6, 6.07) is 12.7. The summed E-state index contributed by atoms with van der Waals surface area (Å²) in [7, 11) is 1.67. The molecule has 0 aliphatic rings. The lowest BCUT2D eigenvalue weighted by Crippen LogP contribution is -2.45. The van der Waals surface area contributed by atoms with E-state index < -0.39 is 0 Å². The second kappa shape index (κ2) is 6.45. The van der Waals surface area contributed by atoms with E-state index in [1.165, 1.54) is 0 Å². The summed E-state index contributed by atoms with van der Waals surface area (Å²) in [5, 5.41) is 3.79. The van der Waals surface area contributed by atoms with Crippen LogP contribution < -0.4 is 16.2 Å². The number of carbonyl (C=O) groups excluding carboxylic acids is 1. The van der Waals surface area contributed by atoms with Gasteiger partial charge < -0.3 is 9.73 Å². The van der Waals surface area contributed by atoms with Gasteiger partial charge in [-0.05, 0) is 36.5 Å². The number of para-hydroxylation sites is 1. The maximum absolute atomic E-state index is 12.5. The highest BCUT2D eigenvalue weighted by Crippen LogP contribution is 2.25. The van der Waals surface area contributed by atoms with Gasteiger partial charge in [-0.25, -0.2) is 4.98 Å². The summed E-state index contributed by atoms with van der Waals surface area (Å²) in [6.45, 7) is 0. The maximum Gasteiger partial charge on any atom is 0.270 e. The Kier molecular flexibility index (Phi) is 4.20. The summed E-state index contributed by atoms with van der Waals surface area (Å²) >= 11 is 4.95. The minimum absolute atomic E-state index is 0.311. The van der Waals surface area contributed by atoms with Gasteiger partial charge in [0.2, 0.25) is 0 Å². The van der Waals surface area contributed by atoms with E-state index in [0.29, 0.717) is 27.6 Å². The predicted octanol–water partition coefficient (Wildman–Crippen LogP) is 2.23. The van der Waals surface area contributed by atoms with Crippen LogP contribution in [-0.2, 0) is 0 Å². The van der Waals surface area contributed by atoms with Crippen molar-refractivity contribution in [2.24, 2.45) is 0 Å². The van der Waals surface area contributed by atoms with Crippen molar-refractivity contribution < 1.29 is 9.21 Å². The van der Waals surface area contributed by atoms with E-state index in [1.807, 2.05) is 24.3 Å². The summed E-state index contributed by atoms with van der Waals surface area (Å²) in [5.74, 6) is 0.289. The summed E-state index contributed by atoms with van der Waals surface area (Å²) in [5.41, 5.74) is 6.97. The number of furan rings is 1. The van der Waals surface area contributed by atoms with E-state index in [9.17, 15) is 4.79 Å². The molecule has 3 aromatic rings. The van der Waals surface area contributed by atoms with E-state index in [2.05, 4.69) is 21.2 Å². The van der Waals surface area contributed by atoms with Gasteiger partial charge in [-0.2, -0.15) is 0 Å². The molecule has 0 bridgehead atoms. The molecule has 0 saturated heterocycles. The van der Waals surface area contributed by atoms with E-state index in [4.69, 9.17) is 16.6 Å². The zero-order valence-electron chi connectivity index (χ0n) is 12.3. The molecule has 3 rings (SSSR count). The van der Waals surface area contributed by atoms with Gasteiger partial charge in [0.15, 0.2) is 10.9 Å². The van der Waals surface area contributed by atoms with Crippen molar-refractivity contribution in [2.45, 2.75) is 0 Å². The lowest BCUT2D eigenvalue weighted by molar-refractivity contribution is 0.0945. The molecule has 0 radical (unpaired) electrons. The summed E-state index contributed by atoms with van der Waals surface area (Å²) < 4.78 is 5.38. The normalized spacial score (nSPS) is 10.3. The first-order valence-electron chi connectivity index (χ1n) is 6.91. The number of rotatable bonds is 2. The second-order valence-corrected chi connectivity index (χ2v) is 5.12. The summed E-state index contributed by atoms with van der Waals surface area (Å²) in [6.07, 6.45) is 1.57. The topological polar surface area (TPSA) is 79.2 Å². The molecule has 2 heterocycles. The predicted molar refractivity (Wildman–Crippen MR) is 91.7 cm³/mol. The van der Waals surface area contributed by atoms with Crippen LogP contribution in [0.3, 0.4) is 0 Å². The van der Waals surface area contributed by atoms with Gasteiger partial charge in [0.05, 0.1) is 17.3 Å². The number of hydrogen-bond donors (Lipinski definition) is 3. The maximum atomic E-state index is 12.5. The van der Waals surface area contributed by atoms with Crippen molar-refractivity contribution in [2.75, 3.05) is 7.05 Å². The molecule has 0 aliphatic carbocycles. The molecule has 0 fully saturated rings. The van der Waals surface area contributed by atoms with Crippen LogP contribution >= 0.6 is 12.2 Å². The number of hydrogen-bond acceptors (Lipinski definition) is 4. The standard InChI is InChI=1S/C16H14N4O2S/c1-17-16(23)20-19-15(21)11-9-13(14-7-4-8-22-14)18-12-6-3-2-5-10(11)12/h2-9H,1H3,(H,19,21)(H2,17,20,23). The van der Waals surface area contributed by atoms with Gasteiger partial charge in [-0.1, -0.05) is 18.2 Å².